The summed E-state index contributed by atoms with van der Waals surface area (Å²) in [6, 6.07) is 3.49. The average Bonchev–Trinajstić information content (AvgIpc) is 2.33. The molecule has 0 aliphatic carbocycles. The predicted octanol–water partition coefficient (Wildman–Crippen LogP) is 1.79. The van der Waals surface area contributed by atoms with E-state index in [1.165, 1.54) is 12.1 Å². The number of benzene rings is 1. The van der Waals surface area contributed by atoms with Gasteiger partial charge in [0.15, 0.2) is 0 Å². The molecule has 1 rings (SSSR count). The second-order valence-corrected chi connectivity index (χ2v) is 4.22. The first kappa shape index (κ1) is 14.6. The number of hydrogen-bond donors (Lipinski definition) is 2. The first-order valence-corrected chi connectivity index (χ1v) is 5.91. The van der Waals surface area contributed by atoms with Crippen molar-refractivity contribution in [2.75, 3.05) is 20.1 Å². The van der Waals surface area contributed by atoms with E-state index >= 15 is 0 Å². The van der Waals surface area contributed by atoms with Crippen LogP contribution in [0.5, 0.6) is 0 Å². The Morgan fingerprint density at radius 1 is 1.39 bits per heavy atom. The van der Waals surface area contributed by atoms with Crippen LogP contribution in [0.1, 0.15) is 24.8 Å². The van der Waals surface area contributed by atoms with Crippen molar-refractivity contribution < 1.29 is 13.6 Å². The summed E-state index contributed by atoms with van der Waals surface area (Å²) < 4.78 is 26.2. The lowest BCUT2D eigenvalue weighted by atomic mass is 10.0. The molecule has 0 saturated carbocycles. The third kappa shape index (κ3) is 4.41. The summed E-state index contributed by atoms with van der Waals surface area (Å²) in [6.45, 7) is 2.73. The fourth-order valence-electron chi connectivity index (χ4n) is 1.60. The van der Waals surface area contributed by atoms with Crippen LogP contribution in [0.25, 0.3) is 0 Å². The van der Waals surface area contributed by atoms with Crippen molar-refractivity contribution in [3.05, 3.63) is 35.4 Å². The molecule has 0 spiro atoms. The molecule has 1 aromatic rings. The molecule has 0 fully saturated rings. The Hall–Kier alpha value is -1.49. The maximum absolute atomic E-state index is 13.5. The fraction of sp³-hybridized carbons (Fsp3) is 0.462. The van der Waals surface area contributed by atoms with Gasteiger partial charge in [-0.15, -0.1) is 0 Å². The van der Waals surface area contributed by atoms with Crippen molar-refractivity contribution in [1.82, 2.24) is 10.6 Å². The van der Waals surface area contributed by atoms with Crippen LogP contribution in [0.15, 0.2) is 18.2 Å². The van der Waals surface area contributed by atoms with Crippen LogP contribution in [0, 0.1) is 11.6 Å². The van der Waals surface area contributed by atoms with Crippen molar-refractivity contribution in [2.24, 2.45) is 0 Å². The molecule has 0 bridgehead atoms. The lowest BCUT2D eigenvalue weighted by molar-refractivity contribution is -0.121. The number of amides is 1. The lowest BCUT2D eigenvalue weighted by Crippen LogP contribution is -2.29. The quantitative estimate of drug-likeness (QED) is 0.814. The minimum absolute atomic E-state index is 0.0845. The smallest absolute Gasteiger partial charge is 0.221 e. The van der Waals surface area contributed by atoms with Crippen LogP contribution >= 0.6 is 0 Å². The largest absolute Gasteiger partial charge is 0.355 e. The van der Waals surface area contributed by atoms with E-state index in [4.69, 9.17) is 0 Å². The number of hydrogen-bond acceptors (Lipinski definition) is 2. The molecule has 5 heteroatoms. The van der Waals surface area contributed by atoms with Crippen molar-refractivity contribution >= 4 is 5.91 Å². The van der Waals surface area contributed by atoms with E-state index in [1.807, 2.05) is 0 Å². The Balaban J connectivity index is 2.50. The highest BCUT2D eigenvalue weighted by atomic mass is 19.1. The first-order valence-electron chi connectivity index (χ1n) is 5.91. The summed E-state index contributed by atoms with van der Waals surface area (Å²) in [6.07, 6.45) is 0.384. The molecule has 3 nitrogen and oxygen atoms in total. The number of halogens is 2. The molecular weight excluding hydrogens is 238 g/mol. The molecule has 1 amide bonds. The van der Waals surface area contributed by atoms with E-state index < -0.39 is 11.6 Å². The van der Waals surface area contributed by atoms with Gasteiger partial charge in [0, 0.05) is 31.5 Å². The van der Waals surface area contributed by atoms with Gasteiger partial charge in [-0.1, -0.05) is 13.0 Å². The topological polar surface area (TPSA) is 41.1 Å². The Labute approximate surface area is 106 Å². The summed E-state index contributed by atoms with van der Waals surface area (Å²) in [5.74, 6) is -1.45. The Kier molecular flexibility index (Phi) is 5.71. The molecule has 2 N–H and O–H groups in total. The summed E-state index contributed by atoms with van der Waals surface area (Å²) in [5.41, 5.74) is 0.408. The van der Waals surface area contributed by atoms with Gasteiger partial charge >= 0.3 is 0 Å². The molecule has 1 unspecified atom stereocenters. The highest BCUT2D eigenvalue weighted by molar-refractivity contribution is 5.76. The maximum Gasteiger partial charge on any atom is 0.221 e. The predicted molar refractivity (Wildman–Crippen MR) is 66.3 cm³/mol. The molecule has 1 aromatic carbocycles. The van der Waals surface area contributed by atoms with Gasteiger partial charge in [-0.25, -0.2) is 8.78 Å². The Morgan fingerprint density at radius 2 is 2.11 bits per heavy atom. The molecule has 100 valence electrons. The minimum Gasteiger partial charge on any atom is -0.355 e. The van der Waals surface area contributed by atoms with Crippen LogP contribution in [0.2, 0.25) is 0 Å². The Morgan fingerprint density at radius 3 is 2.72 bits per heavy atom. The standard InChI is InChI=1S/C13H18F2N2O/c1-9(8-17-13(18)5-6-16-2)11-4-3-10(14)7-12(11)15/h3-4,7,9,16H,5-6,8H2,1-2H3,(H,17,18). The van der Waals surface area contributed by atoms with Gasteiger partial charge < -0.3 is 10.6 Å². The van der Waals surface area contributed by atoms with E-state index in [0.717, 1.165) is 6.07 Å². The zero-order valence-corrected chi connectivity index (χ0v) is 10.6. The van der Waals surface area contributed by atoms with Crippen molar-refractivity contribution in [2.45, 2.75) is 19.3 Å². The van der Waals surface area contributed by atoms with Crippen molar-refractivity contribution in [1.29, 1.82) is 0 Å². The van der Waals surface area contributed by atoms with Gasteiger partial charge in [-0.3, -0.25) is 4.79 Å². The van der Waals surface area contributed by atoms with Crippen LogP contribution in [-0.4, -0.2) is 26.0 Å². The van der Waals surface area contributed by atoms with Gasteiger partial charge in [0.25, 0.3) is 0 Å². The molecular formula is C13H18F2N2O. The highest BCUT2D eigenvalue weighted by Gasteiger charge is 2.12. The molecule has 18 heavy (non-hydrogen) atoms. The Bertz CT molecular complexity index is 410. The van der Waals surface area contributed by atoms with Gasteiger partial charge in [-0.05, 0) is 18.7 Å². The monoisotopic (exact) mass is 256 g/mol. The van der Waals surface area contributed by atoms with Gasteiger partial charge in [0.1, 0.15) is 11.6 Å². The maximum atomic E-state index is 13.5. The number of rotatable bonds is 6. The van der Waals surface area contributed by atoms with Crippen molar-refractivity contribution in [3.63, 3.8) is 0 Å². The molecule has 0 heterocycles. The second kappa shape index (κ2) is 7.06. The van der Waals surface area contributed by atoms with Gasteiger partial charge in [0.2, 0.25) is 5.91 Å². The van der Waals surface area contributed by atoms with Gasteiger partial charge in [0.05, 0.1) is 0 Å². The zero-order chi connectivity index (χ0) is 13.5. The summed E-state index contributed by atoms with van der Waals surface area (Å²) in [7, 11) is 1.77. The second-order valence-electron chi connectivity index (χ2n) is 4.22. The molecule has 0 saturated heterocycles. The number of carbonyl (C=O) groups is 1. The molecule has 0 aromatic heterocycles. The minimum atomic E-state index is -0.596. The lowest BCUT2D eigenvalue weighted by Gasteiger charge is -2.14. The molecule has 0 aliphatic heterocycles. The summed E-state index contributed by atoms with van der Waals surface area (Å²) in [4.78, 5) is 11.4. The van der Waals surface area contributed by atoms with E-state index in [9.17, 15) is 13.6 Å². The summed E-state index contributed by atoms with van der Waals surface area (Å²) in [5, 5.41) is 5.59. The number of nitrogens with one attached hydrogen (secondary N) is 2. The summed E-state index contributed by atoms with van der Waals surface area (Å²) >= 11 is 0. The number of carbonyl (C=O) groups excluding carboxylic acids is 1. The SMILES string of the molecule is CNCCC(=O)NCC(C)c1ccc(F)cc1F. The van der Waals surface area contributed by atoms with Crippen LogP contribution < -0.4 is 10.6 Å². The normalized spacial score (nSPS) is 12.2. The molecule has 0 aliphatic rings. The molecule has 0 radical (unpaired) electrons. The van der Waals surface area contributed by atoms with E-state index in [0.29, 0.717) is 25.1 Å². The average molecular weight is 256 g/mol. The van der Waals surface area contributed by atoms with Crippen LogP contribution in [-0.2, 0) is 4.79 Å². The third-order valence-corrected chi connectivity index (χ3v) is 2.70. The zero-order valence-electron chi connectivity index (χ0n) is 10.6. The fourth-order valence-corrected chi connectivity index (χ4v) is 1.60. The van der Waals surface area contributed by atoms with Crippen LogP contribution in [0.4, 0.5) is 8.78 Å². The van der Waals surface area contributed by atoms with Gasteiger partial charge in [-0.2, -0.15) is 0 Å². The first-order chi connectivity index (χ1) is 8.54. The van der Waals surface area contributed by atoms with E-state index in [-0.39, 0.29) is 11.8 Å². The van der Waals surface area contributed by atoms with E-state index in [1.54, 1.807) is 14.0 Å². The van der Waals surface area contributed by atoms with E-state index in [2.05, 4.69) is 10.6 Å². The van der Waals surface area contributed by atoms with Crippen molar-refractivity contribution in [3.8, 4) is 0 Å². The third-order valence-electron chi connectivity index (χ3n) is 2.70. The molecule has 1 atom stereocenters. The highest BCUT2D eigenvalue weighted by Crippen LogP contribution is 2.19. The van der Waals surface area contributed by atoms with Crippen LogP contribution in [0.3, 0.4) is 0 Å².